The van der Waals surface area contributed by atoms with E-state index in [4.69, 9.17) is 9.15 Å². The maximum Gasteiger partial charge on any atom is 0.416 e. The number of benzene rings is 3. The van der Waals surface area contributed by atoms with Crippen LogP contribution in [-0.4, -0.2) is 16.8 Å². The minimum Gasteiger partial charge on any atom is -0.505 e. The zero-order chi connectivity index (χ0) is 27.0. The lowest BCUT2D eigenvalue weighted by Gasteiger charge is -2.16. The van der Waals surface area contributed by atoms with Gasteiger partial charge in [0.2, 0.25) is 0 Å². The van der Waals surface area contributed by atoms with E-state index in [0.29, 0.717) is 34.5 Å². The number of ether oxygens (including phenoxy) is 1. The van der Waals surface area contributed by atoms with Crippen molar-refractivity contribution in [3.63, 3.8) is 0 Å². The SMILES string of the molecule is COc1cccc(-n2c(-c3ccccc3)cc3oc(=O)c(Sc4cccc(C(F)(F)F)c4)c(O)c3c2=O)c1. The molecule has 0 radical (unpaired) electrons. The second-order valence-electron chi connectivity index (χ2n) is 8.17. The summed E-state index contributed by atoms with van der Waals surface area (Å²) in [6, 6.07) is 21.4. The van der Waals surface area contributed by atoms with E-state index in [9.17, 15) is 27.9 Å². The first kappa shape index (κ1) is 25.2. The number of halogens is 3. The molecule has 0 bridgehead atoms. The Morgan fingerprint density at radius 2 is 1.66 bits per heavy atom. The molecule has 0 atom stereocenters. The first-order chi connectivity index (χ1) is 18.2. The Kier molecular flexibility index (Phi) is 6.50. The van der Waals surface area contributed by atoms with Gasteiger partial charge in [0.05, 0.1) is 24.1 Å². The molecule has 5 rings (SSSR count). The molecule has 0 aliphatic rings. The van der Waals surface area contributed by atoms with Gasteiger partial charge in [-0.1, -0.05) is 54.2 Å². The lowest BCUT2D eigenvalue weighted by atomic mass is 10.1. The number of aromatic hydroxyl groups is 1. The third-order valence-electron chi connectivity index (χ3n) is 5.77. The summed E-state index contributed by atoms with van der Waals surface area (Å²) in [5.74, 6) is -0.196. The quantitative estimate of drug-likeness (QED) is 0.276. The summed E-state index contributed by atoms with van der Waals surface area (Å²) >= 11 is 0.579. The van der Waals surface area contributed by atoms with E-state index < -0.39 is 33.6 Å². The largest absolute Gasteiger partial charge is 0.505 e. The second kappa shape index (κ2) is 9.79. The molecule has 0 saturated carbocycles. The van der Waals surface area contributed by atoms with Gasteiger partial charge >= 0.3 is 11.8 Å². The molecule has 0 unspecified atom stereocenters. The molecule has 0 aliphatic carbocycles. The molecule has 192 valence electrons. The Morgan fingerprint density at radius 1 is 0.921 bits per heavy atom. The van der Waals surface area contributed by atoms with Crippen LogP contribution < -0.4 is 15.9 Å². The summed E-state index contributed by atoms with van der Waals surface area (Å²) in [4.78, 5) is 26.4. The normalized spacial score (nSPS) is 11.6. The van der Waals surface area contributed by atoms with Gasteiger partial charge in [-0.15, -0.1) is 0 Å². The topological polar surface area (TPSA) is 81.7 Å². The number of nitrogens with zero attached hydrogens (tertiary/aromatic N) is 1. The first-order valence-electron chi connectivity index (χ1n) is 11.2. The van der Waals surface area contributed by atoms with Gasteiger partial charge in [-0.25, -0.2) is 4.79 Å². The highest BCUT2D eigenvalue weighted by molar-refractivity contribution is 7.99. The van der Waals surface area contributed by atoms with Crippen molar-refractivity contribution in [2.45, 2.75) is 16.0 Å². The highest BCUT2D eigenvalue weighted by atomic mass is 32.2. The number of fused-ring (bicyclic) bond motifs is 1. The highest BCUT2D eigenvalue weighted by Crippen LogP contribution is 2.39. The van der Waals surface area contributed by atoms with Crippen LogP contribution in [0.4, 0.5) is 13.2 Å². The number of alkyl halides is 3. The number of rotatable bonds is 5. The van der Waals surface area contributed by atoms with Crippen molar-refractivity contribution in [3.8, 4) is 28.4 Å². The van der Waals surface area contributed by atoms with Gasteiger partial charge in [0, 0.05) is 17.0 Å². The highest BCUT2D eigenvalue weighted by Gasteiger charge is 2.31. The number of hydrogen-bond donors (Lipinski definition) is 1. The predicted molar refractivity (Wildman–Crippen MR) is 137 cm³/mol. The van der Waals surface area contributed by atoms with Crippen LogP contribution in [0.1, 0.15) is 5.56 Å². The molecule has 38 heavy (non-hydrogen) atoms. The van der Waals surface area contributed by atoms with E-state index in [1.807, 2.05) is 6.07 Å². The lowest BCUT2D eigenvalue weighted by molar-refractivity contribution is -0.137. The van der Waals surface area contributed by atoms with Crippen molar-refractivity contribution >= 4 is 22.7 Å². The molecule has 0 spiro atoms. The monoisotopic (exact) mass is 537 g/mol. The second-order valence-corrected chi connectivity index (χ2v) is 9.26. The van der Waals surface area contributed by atoms with Gasteiger partial charge in [-0.2, -0.15) is 13.2 Å². The van der Waals surface area contributed by atoms with Gasteiger partial charge in [-0.3, -0.25) is 9.36 Å². The van der Waals surface area contributed by atoms with Crippen molar-refractivity contribution in [2.24, 2.45) is 0 Å². The fraction of sp³-hybridized carbons (Fsp3) is 0.0714. The molecule has 6 nitrogen and oxygen atoms in total. The Labute approximate surface area is 217 Å². The molecular formula is C28H18F3NO5S. The molecule has 3 aromatic carbocycles. The van der Waals surface area contributed by atoms with Crippen LogP contribution in [0.15, 0.2) is 109 Å². The van der Waals surface area contributed by atoms with Crippen LogP contribution in [0.5, 0.6) is 11.5 Å². The van der Waals surface area contributed by atoms with Crippen LogP contribution in [0.2, 0.25) is 0 Å². The molecule has 2 heterocycles. The third kappa shape index (κ3) is 4.66. The minimum atomic E-state index is -4.59. The minimum absolute atomic E-state index is 0.0378. The molecule has 0 saturated heterocycles. The summed E-state index contributed by atoms with van der Waals surface area (Å²) in [6.07, 6.45) is -4.59. The molecule has 10 heteroatoms. The average molecular weight is 538 g/mol. The molecular weight excluding hydrogens is 519 g/mol. The average Bonchev–Trinajstić information content (AvgIpc) is 2.91. The predicted octanol–water partition coefficient (Wildman–Crippen LogP) is 6.50. The van der Waals surface area contributed by atoms with E-state index in [0.717, 1.165) is 12.1 Å². The maximum atomic E-state index is 13.9. The number of aromatic nitrogens is 1. The third-order valence-corrected chi connectivity index (χ3v) is 6.83. The summed E-state index contributed by atoms with van der Waals surface area (Å²) in [7, 11) is 1.48. The summed E-state index contributed by atoms with van der Waals surface area (Å²) in [5, 5.41) is 10.8. The number of pyridine rings is 1. The molecule has 0 fully saturated rings. The van der Waals surface area contributed by atoms with Gasteiger partial charge in [0.25, 0.3) is 5.56 Å². The zero-order valence-electron chi connectivity index (χ0n) is 19.7. The van der Waals surface area contributed by atoms with Crippen LogP contribution >= 0.6 is 11.8 Å². The van der Waals surface area contributed by atoms with Crippen molar-refractivity contribution in [3.05, 3.63) is 111 Å². The van der Waals surface area contributed by atoms with Gasteiger partial charge in [0.15, 0.2) is 5.75 Å². The van der Waals surface area contributed by atoms with Crippen LogP contribution in [0, 0.1) is 0 Å². The summed E-state index contributed by atoms with van der Waals surface area (Å²) in [6.45, 7) is 0. The number of methoxy groups -OCH3 is 1. The van der Waals surface area contributed by atoms with Crippen molar-refractivity contribution in [1.29, 1.82) is 0 Å². The van der Waals surface area contributed by atoms with Crippen LogP contribution in [0.3, 0.4) is 0 Å². The summed E-state index contributed by atoms with van der Waals surface area (Å²) in [5.41, 5.74) is -1.32. The molecule has 5 aromatic rings. The Bertz CT molecular complexity index is 1780. The molecule has 0 aliphatic heterocycles. The Balaban J connectivity index is 1.76. The van der Waals surface area contributed by atoms with Crippen molar-refractivity contribution in [1.82, 2.24) is 4.57 Å². The van der Waals surface area contributed by atoms with E-state index in [1.54, 1.807) is 48.5 Å². The van der Waals surface area contributed by atoms with Gasteiger partial charge in [-0.05, 0) is 35.9 Å². The van der Waals surface area contributed by atoms with Crippen molar-refractivity contribution < 1.29 is 27.4 Å². The van der Waals surface area contributed by atoms with Gasteiger partial charge < -0.3 is 14.3 Å². The molecule has 0 amide bonds. The van der Waals surface area contributed by atoms with E-state index in [2.05, 4.69) is 0 Å². The standard InChI is InChI=1S/C28H18F3NO5S/c1-36-19-11-6-10-18(14-19)32-21(16-7-3-2-4-8-16)15-22-23(26(32)34)24(33)25(27(35)37-22)38-20-12-5-9-17(13-20)28(29,30)31/h2-15,33H,1H3. The fourth-order valence-electron chi connectivity index (χ4n) is 4.01. The molecule has 2 aromatic heterocycles. The molecule has 1 N–H and O–H groups in total. The Morgan fingerprint density at radius 3 is 2.37 bits per heavy atom. The van der Waals surface area contributed by atoms with E-state index in [-0.39, 0.29) is 15.9 Å². The van der Waals surface area contributed by atoms with Crippen LogP contribution in [0.25, 0.3) is 27.9 Å². The summed E-state index contributed by atoms with van der Waals surface area (Å²) < 4.78 is 51.6. The first-order valence-corrected chi connectivity index (χ1v) is 12.0. The fourth-order valence-corrected chi connectivity index (χ4v) is 4.91. The van der Waals surface area contributed by atoms with Crippen molar-refractivity contribution in [2.75, 3.05) is 7.11 Å². The lowest BCUT2D eigenvalue weighted by Crippen LogP contribution is -2.21. The van der Waals surface area contributed by atoms with Gasteiger partial charge in [0.1, 0.15) is 21.6 Å². The smallest absolute Gasteiger partial charge is 0.416 e. The Hall–Kier alpha value is -4.44. The zero-order valence-corrected chi connectivity index (χ0v) is 20.5. The van der Waals surface area contributed by atoms with E-state index >= 15 is 0 Å². The number of hydrogen-bond acceptors (Lipinski definition) is 6. The van der Waals surface area contributed by atoms with Crippen LogP contribution in [-0.2, 0) is 6.18 Å². The maximum absolute atomic E-state index is 13.9. The van der Waals surface area contributed by atoms with E-state index in [1.165, 1.54) is 29.9 Å².